The van der Waals surface area contributed by atoms with Gasteiger partial charge in [0.1, 0.15) is 5.56 Å². The van der Waals surface area contributed by atoms with E-state index in [2.05, 4.69) is 22.2 Å². The smallest absolute Gasteiger partial charge is 0.421 e. The van der Waals surface area contributed by atoms with Gasteiger partial charge in [-0.05, 0) is 57.1 Å². The van der Waals surface area contributed by atoms with Crippen molar-refractivity contribution in [3.05, 3.63) is 59.3 Å². The number of amides is 1. The second-order valence-corrected chi connectivity index (χ2v) is 10.3. The quantitative estimate of drug-likeness (QED) is 0.338. The lowest BCUT2D eigenvalue weighted by atomic mass is 9.82. The molecule has 214 valence electrons. The second-order valence-electron chi connectivity index (χ2n) is 10.3. The molecule has 2 aromatic heterocycles. The maximum Gasteiger partial charge on any atom is 0.421 e. The summed E-state index contributed by atoms with van der Waals surface area (Å²) in [5.41, 5.74) is -1.83. The lowest BCUT2D eigenvalue weighted by Gasteiger charge is -2.34. The highest BCUT2D eigenvalue weighted by Gasteiger charge is 2.37. The van der Waals surface area contributed by atoms with Crippen LogP contribution in [0.15, 0.2) is 36.8 Å². The molecule has 0 radical (unpaired) electrons. The third-order valence-electron chi connectivity index (χ3n) is 6.90. The molecular formula is C27H29F4N5O4. The minimum absolute atomic E-state index is 0.0540. The number of alkyl halides is 3. The number of benzene rings is 1. The van der Waals surface area contributed by atoms with Crippen LogP contribution in [0.4, 0.5) is 23.2 Å². The molecule has 0 bridgehead atoms. The van der Waals surface area contributed by atoms with Crippen LogP contribution in [0.3, 0.4) is 0 Å². The Hall–Kier alpha value is -4.03. The summed E-state index contributed by atoms with van der Waals surface area (Å²) in [6.07, 6.45) is 1.99. The summed E-state index contributed by atoms with van der Waals surface area (Å²) in [4.78, 5) is 30.6. The van der Waals surface area contributed by atoms with Crippen LogP contribution in [-0.4, -0.2) is 43.0 Å². The van der Waals surface area contributed by atoms with Crippen molar-refractivity contribution in [1.29, 1.82) is 0 Å². The Bertz CT molecular complexity index is 1370. The zero-order valence-corrected chi connectivity index (χ0v) is 22.2. The highest BCUT2D eigenvalue weighted by molar-refractivity contribution is 6.03. The number of carbonyl (C=O) groups is 2. The van der Waals surface area contributed by atoms with Crippen molar-refractivity contribution in [1.82, 2.24) is 20.0 Å². The van der Waals surface area contributed by atoms with Gasteiger partial charge in [-0.3, -0.25) is 4.79 Å². The van der Waals surface area contributed by atoms with Crippen LogP contribution in [0.2, 0.25) is 0 Å². The van der Waals surface area contributed by atoms with Crippen LogP contribution in [0.25, 0.3) is 0 Å². The lowest BCUT2D eigenvalue weighted by molar-refractivity contribution is -0.139. The van der Waals surface area contributed by atoms with Crippen molar-refractivity contribution in [3.63, 3.8) is 0 Å². The largest absolute Gasteiger partial charge is 0.478 e. The van der Waals surface area contributed by atoms with Gasteiger partial charge >= 0.3 is 12.1 Å². The van der Waals surface area contributed by atoms with Gasteiger partial charge in [0.15, 0.2) is 11.6 Å². The molecule has 0 unspecified atom stereocenters. The number of aromatic nitrogens is 4. The number of hydrogen-bond donors (Lipinski definition) is 1. The summed E-state index contributed by atoms with van der Waals surface area (Å²) in [7, 11) is 0. The summed E-state index contributed by atoms with van der Waals surface area (Å²) < 4.78 is 63.5. The summed E-state index contributed by atoms with van der Waals surface area (Å²) in [5.74, 6) is -4.54. The van der Waals surface area contributed by atoms with E-state index in [-0.39, 0.29) is 29.6 Å². The van der Waals surface area contributed by atoms with E-state index in [0.29, 0.717) is 18.8 Å². The van der Waals surface area contributed by atoms with Gasteiger partial charge in [0.05, 0.1) is 24.0 Å². The van der Waals surface area contributed by atoms with Crippen molar-refractivity contribution in [3.8, 4) is 11.6 Å². The SMILES string of the molecule is CC1CCC(C(=O)N(c2cc(F)c(Oc3ncc(Cn4ccnn4)cc3C(F)(F)F)cc2C(=O)O)C(C)C)CC1. The number of carboxylic acids is 1. The summed E-state index contributed by atoms with van der Waals surface area (Å²) in [6.45, 7) is 5.40. The molecule has 1 aliphatic carbocycles. The first-order chi connectivity index (χ1) is 18.8. The number of hydrogen-bond acceptors (Lipinski definition) is 6. The van der Waals surface area contributed by atoms with E-state index in [1.165, 1.54) is 22.0 Å². The van der Waals surface area contributed by atoms with Crippen LogP contribution >= 0.6 is 0 Å². The molecular weight excluding hydrogens is 534 g/mol. The van der Waals surface area contributed by atoms with Crippen molar-refractivity contribution in [2.45, 2.75) is 65.2 Å². The predicted molar refractivity (Wildman–Crippen MR) is 136 cm³/mol. The number of aromatic carboxylic acids is 1. The maximum absolute atomic E-state index is 15.3. The number of pyridine rings is 1. The Labute approximate surface area is 227 Å². The molecule has 1 aliphatic rings. The van der Waals surface area contributed by atoms with Crippen LogP contribution in [-0.2, 0) is 17.5 Å². The molecule has 1 N–H and O–H groups in total. The van der Waals surface area contributed by atoms with Gasteiger partial charge in [-0.15, -0.1) is 5.10 Å². The van der Waals surface area contributed by atoms with Gasteiger partial charge in [0.25, 0.3) is 0 Å². The van der Waals surface area contributed by atoms with Crippen molar-refractivity contribution in [2.75, 3.05) is 4.90 Å². The number of carboxylic acid groups (broad SMARTS) is 1. The molecule has 0 atom stereocenters. The number of anilines is 1. The molecule has 40 heavy (non-hydrogen) atoms. The van der Waals surface area contributed by atoms with E-state index in [1.807, 2.05) is 0 Å². The molecule has 2 heterocycles. The molecule has 9 nitrogen and oxygen atoms in total. The highest BCUT2D eigenvalue weighted by Crippen LogP contribution is 2.40. The predicted octanol–water partition coefficient (Wildman–Crippen LogP) is 5.94. The van der Waals surface area contributed by atoms with Crippen molar-refractivity contribution in [2.24, 2.45) is 11.8 Å². The second kappa shape index (κ2) is 11.6. The van der Waals surface area contributed by atoms with Crippen molar-refractivity contribution < 1.29 is 37.0 Å². The summed E-state index contributed by atoms with van der Waals surface area (Å²) in [5, 5.41) is 17.2. The fourth-order valence-corrected chi connectivity index (χ4v) is 4.82. The van der Waals surface area contributed by atoms with Crippen LogP contribution in [0.1, 0.15) is 67.9 Å². The van der Waals surface area contributed by atoms with E-state index in [4.69, 9.17) is 4.74 Å². The molecule has 1 amide bonds. The van der Waals surface area contributed by atoms with Gasteiger partial charge in [-0.1, -0.05) is 12.1 Å². The Morgan fingerprint density at radius 3 is 2.45 bits per heavy atom. The average molecular weight is 564 g/mol. The van der Waals surface area contributed by atoms with E-state index in [9.17, 15) is 27.9 Å². The number of rotatable bonds is 8. The first kappa shape index (κ1) is 29.0. The van der Waals surface area contributed by atoms with E-state index in [0.717, 1.165) is 37.2 Å². The third-order valence-corrected chi connectivity index (χ3v) is 6.90. The van der Waals surface area contributed by atoms with Crippen LogP contribution in [0.5, 0.6) is 11.6 Å². The zero-order valence-electron chi connectivity index (χ0n) is 22.2. The van der Waals surface area contributed by atoms with Gasteiger partial charge in [0, 0.05) is 36.5 Å². The molecule has 4 rings (SSSR count). The van der Waals surface area contributed by atoms with Gasteiger partial charge < -0.3 is 14.7 Å². The first-order valence-electron chi connectivity index (χ1n) is 12.8. The molecule has 1 saturated carbocycles. The molecule has 1 fully saturated rings. The Balaban J connectivity index is 1.70. The molecule has 1 aromatic carbocycles. The molecule has 3 aromatic rings. The average Bonchev–Trinajstić information content (AvgIpc) is 3.39. The van der Waals surface area contributed by atoms with E-state index < -0.39 is 46.8 Å². The monoisotopic (exact) mass is 563 g/mol. The highest BCUT2D eigenvalue weighted by atomic mass is 19.4. The zero-order chi connectivity index (χ0) is 29.2. The summed E-state index contributed by atoms with van der Waals surface area (Å²) in [6, 6.07) is 1.88. The molecule has 0 saturated heterocycles. The normalized spacial score (nSPS) is 17.6. The maximum atomic E-state index is 15.3. The van der Waals surface area contributed by atoms with E-state index >= 15 is 4.39 Å². The number of nitrogens with zero attached hydrogens (tertiary/aromatic N) is 5. The summed E-state index contributed by atoms with van der Waals surface area (Å²) >= 11 is 0. The Morgan fingerprint density at radius 2 is 1.88 bits per heavy atom. The fraction of sp³-hybridized carbons (Fsp3) is 0.444. The topological polar surface area (TPSA) is 110 Å². The van der Waals surface area contributed by atoms with Crippen LogP contribution < -0.4 is 9.64 Å². The first-order valence-corrected chi connectivity index (χ1v) is 12.8. The number of ether oxygens (including phenoxy) is 1. The minimum atomic E-state index is -4.91. The van der Waals surface area contributed by atoms with Gasteiger partial charge in [-0.25, -0.2) is 18.9 Å². The fourth-order valence-electron chi connectivity index (χ4n) is 4.82. The molecule has 13 heteroatoms. The minimum Gasteiger partial charge on any atom is -0.478 e. The number of halogens is 4. The Kier molecular flexibility index (Phi) is 8.40. The molecule has 0 spiro atoms. The Morgan fingerprint density at radius 1 is 1.18 bits per heavy atom. The van der Waals surface area contributed by atoms with Gasteiger partial charge in [-0.2, -0.15) is 13.2 Å². The lowest BCUT2D eigenvalue weighted by Crippen LogP contribution is -2.43. The van der Waals surface area contributed by atoms with E-state index in [1.54, 1.807) is 13.8 Å². The standard InChI is InChI=1S/C27H29F4N5O4/c1-15(2)36(25(37)18-6-4-16(3)5-7-18)22-12-21(28)23(11-19(22)26(38)39)40-24-20(27(29,30)31)10-17(13-32-24)14-35-9-8-33-34-35/h8-13,15-16,18H,4-7,14H2,1-3H3,(H,38,39). The van der Waals surface area contributed by atoms with Crippen molar-refractivity contribution >= 4 is 17.6 Å². The van der Waals surface area contributed by atoms with Crippen LogP contribution in [0, 0.1) is 17.7 Å². The third kappa shape index (κ3) is 6.40. The molecule has 0 aliphatic heterocycles. The van der Waals surface area contributed by atoms with Gasteiger partial charge in [0.2, 0.25) is 11.8 Å². The number of carbonyl (C=O) groups excluding carboxylic acids is 1.